The molecule has 0 spiro atoms. The summed E-state index contributed by atoms with van der Waals surface area (Å²) in [6, 6.07) is 6.52. The van der Waals surface area contributed by atoms with E-state index in [-0.39, 0.29) is 5.91 Å². The number of aromatic nitrogens is 2. The van der Waals surface area contributed by atoms with Gasteiger partial charge in [-0.05, 0) is 26.1 Å². The van der Waals surface area contributed by atoms with Crippen LogP contribution in [0.25, 0.3) is 11.3 Å². The average Bonchev–Trinajstić information content (AvgIpc) is 2.92. The molecule has 126 valence electrons. The number of hydrogen-bond acceptors (Lipinski definition) is 4. The van der Waals surface area contributed by atoms with Crippen molar-refractivity contribution in [2.24, 2.45) is 7.05 Å². The molecule has 0 radical (unpaired) electrons. The van der Waals surface area contributed by atoms with Gasteiger partial charge in [0.1, 0.15) is 0 Å². The molecule has 4 rings (SSSR count). The lowest BCUT2D eigenvalue weighted by atomic mass is 10.0. The fourth-order valence-corrected chi connectivity index (χ4v) is 4.53. The van der Waals surface area contributed by atoms with Gasteiger partial charge in [0.25, 0.3) is 5.91 Å². The number of carbonyl (C=O) groups excluding carboxylic acids is 1. The summed E-state index contributed by atoms with van der Waals surface area (Å²) < 4.78 is 1.89. The van der Waals surface area contributed by atoms with Crippen LogP contribution >= 0.6 is 11.8 Å². The van der Waals surface area contributed by atoms with E-state index in [2.05, 4.69) is 42.2 Å². The maximum atomic E-state index is 13.0. The zero-order valence-electron chi connectivity index (χ0n) is 14.4. The van der Waals surface area contributed by atoms with Gasteiger partial charge < -0.3 is 9.80 Å². The van der Waals surface area contributed by atoms with E-state index in [1.165, 1.54) is 16.0 Å². The first kappa shape index (κ1) is 15.7. The van der Waals surface area contributed by atoms with E-state index in [0.717, 1.165) is 43.2 Å². The highest BCUT2D eigenvalue weighted by Crippen LogP contribution is 2.43. The molecular weight excluding hydrogens is 320 g/mol. The number of rotatable bonds is 1. The van der Waals surface area contributed by atoms with E-state index in [4.69, 9.17) is 0 Å². The van der Waals surface area contributed by atoms with Gasteiger partial charge in [-0.15, -0.1) is 11.8 Å². The molecule has 1 saturated heterocycles. The Morgan fingerprint density at radius 3 is 2.67 bits per heavy atom. The SMILES string of the molecule is Cc1ccc2c(c1)-c1c(c(C(=O)N3CCN(C)CC3)nn1C)CS2. The van der Waals surface area contributed by atoms with Crippen LogP contribution in [0.3, 0.4) is 0 Å². The van der Waals surface area contributed by atoms with Gasteiger partial charge in [-0.1, -0.05) is 11.6 Å². The lowest BCUT2D eigenvalue weighted by Crippen LogP contribution is -2.47. The fourth-order valence-electron chi connectivity index (χ4n) is 3.48. The molecule has 0 saturated carbocycles. The monoisotopic (exact) mass is 342 g/mol. The highest BCUT2D eigenvalue weighted by molar-refractivity contribution is 7.98. The maximum absolute atomic E-state index is 13.0. The molecule has 2 aromatic rings. The van der Waals surface area contributed by atoms with Crippen LogP contribution in [0.5, 0.6) is 0 Å². The van der Waals surface area contributed by atoms with Crippen LogP contribution in [-0.2, 0) is 12.8 Å². The first-order chi connectivity index (χ1) is 11.5. The van der Waals surface area contributed by atoms with Gasteiger partial charge in [0.2, 0.25) is 0 Å². The Hall–Kier alpha value is -1.79. The van der Waals surface area contributed by atoms with E-state index in [1.807, 2.05) is 16.6 Å². The molecular formula is C18H22N4OS. The van der Waals surface area contributed by atoms with Crippen molar-refractivity contribution < 1.29 is 4.79 Å². The summed E-state index contributed by atoms with van der Waals surface area (Å²) in [6.07, 6.45) is 0. The minimum absolute atomic E-state index is 0.0802. The number of thioether (sulfide) groups is 1. The third kappa shape index (κ3) is 2.54. The minimum atomic E-state index is 0.0802. The lowest BCUT2D eigenvalue weighted by molar-refractivity contribution is 0.0656. The molecule has 5 nitrogen and oxygen atoms in total. The second-order valence-corrected chi connectivity index (χ2v) is 7.70. The smallest absolute Gasteiger partial charge is 0.274 e. The van der Waals surface area contributed by atoms with Gasteiger partial charge >= 0.3 is 0 Å². The second kappa shape index (κ2) is 5.93. The summed E-state index contributed by atoms with van der Waals surface area (Å²) in [5.41, 5.74) is 5.26. The largest absolute Gasteiger partial charge is 0.335 e. The van der Waals surface area contributed by atoms with Crippen LogP contribution in [0.1, 0.15) is 21.6 Å². The highest BCUT2D eigenvalue weighted by atomic mass is 32.2. The van der Waals surface area contributed by atoms with Gasteiger partial charge in [-0.25, -0.2) is 0 Å². The van der Waals surface area contributed by atoms with Gasteiger partial charge in [-0.3, -0.25) is 9.48 Å². The Labute approximate surface area is 146 Å². The zero-order valence-corrected chi connectivity index (χ0v) is 15.2. The summed E-state index contributed by atoms with van der Waals surface area (Å²) in [5, 5.41) is 4.61. The molecule has 2 aliphatic heterocycles. The van der Waals surface area contributed by atoms with Crippen molar-refractivity contribution >= 4 is 17.7 Å². The predicted octanol–water partition coefficient (Wildman–Crippen LogP) is 2.39. The zero-order chi connectivity index (χ0) is 16.8. The van der Waals surface area contributed by atoms with Crippen molar-refractivity contribution in [1.29, 1.82) is 0 Å². The van der Waals surface area contributed by atoms with Crippen molar-refractivity contribution in [3.63, 3.8) is 0 Å². The van der Waals surface area contributed by atoms with Crippen LogP contribution < -0.4 is 0 Å². The number of piperazine rings is 1. The Morgan fingerprint density at radius 2 is 1.92 bits per heavy atom. The van der Waals surface area contributed by atoms with Gasteiger partial charge in [0.05, 0.1) is 5.69 Å². The topological polar surface area (TPSA) is 41.4 Å². The van der Waals surface area contributed by atoms with E-state index in [0.29, 0.717) is 5.69 Å². The van der Waals surface area contributed by atoms with Gasteiger partial charge in [-0.2, -0.15) is 5.10 Å². The first-order valence-electron chi connectivity index (χ1n) is 8.32. The quantitative estimate of drug-likeness (QED) is 0.798. The maximum Gasteiger partial charge on any atom is 0.274 e. The molecule has 0 atom stereocenters. The van der Waals surface area contributed by atoms with Crippen molar-refractivity contribution in [2.45, 2.75) is 17.6 Å². The fraction of sp³-hybridized carbons (Fsp3) is 0.444. The second-order valence-electron chi connectivity index (χ2n) is 6.68. The van der Waals surface area contributed by atoms with Crippen molar-refractivity contribution in [3.8, 4) is 11.3 Å². The predicted molar refractivity (Wildman–Crippen MR) is 96.3 cm³/mol. The molecule has 2 aliphatic rings. The number of benzene rings is 1. The molecule has 24 heavy (non-hydrogen) atoms. The van der Waals surface area contributed by atoms with E-state index in [9.17, 15) is 4.79 Å². The Balaban J connectivity index is 1.73. The number of likely N-dealkylation sites (N-methyl/N-ethyl adjacent to an activating group) is 1. The third-order valence-electron chi connectivity index (χ3n) is 4.90. The van der Waals surface area contributed by atoms with Crippen molar-refractivity contribution in [2.75, 3.05) is 33.2 Å². The standard InChI is InChI=1S/C18H22N4OS/c1-12-4-5-15-13(10-12)17-14(11-24-15)16(19-21(17)3)18(23)22-8-6-20(2)7-9-22/h4-5,10H,6-9,11H2,1-3H3. The average molecular weight is 342 g/mol. The van der Waals surface area contributed by atoms with E-state index < -0.39 is 0 Å². The van der Waals surface area contributed by atoms with Crippen LogP contribution in [0.2, 0.25) is 0 Å². The summed E-state index contributed by atoms with van der Waals surface area (Å²) in [4.78, 5) is 18.5. The van der Waals surface area contributed by atoms with Gasteiger partial charge in [0.15, 0.2) is 5.69 Å². The summed E-state index contributed by atoms with van der Waals surface area (Å²) in [6.45, 7) is 5.52. The first-order valence-corrected chi connectivity index (χ1v) is 9.30. The number of aryl methyl sites for hydroxylation is 2. The lowest BCUT2D eigenvalue weighted by Gasteiger charge is -2.32. The molecule has 6 heteroatoms. The van der Waals surface area contributed by atoms with Crippen molar-refractivity contribution in [1.82, 2.24) is 19.6 Å². The summed E-state index contributed by atoms with van der Waals surface area (Å²) in [5.74, 6) is 0.894. The van der Waals surface area contributed by atoms with Crippen molar-refractivity contribution in [3.05, 3.63) is 35.0 Å². The van der Waals surface area contributed by atoms with Crippen LogP contribution in [0, 0.1) is 6.92 Å². The Morgan fingerprint density at radius 1 is 1.17 bits per heavy atom. The summed E-state index contributed by atoms with van der Waals surface area (Å²) in [7, 11) is 4.04. The Bertz CT molecular complexity index is 806. The van der Waals surface area contributed by atoms with E-state index in [1.54, 1.807) is 11.8 Å². The summed E-state index contributed by atoms with van der Waals surface area (Å²) >= 11 is 1.80. The number of carbonyl (C=O) groups is 1. The molecule has 0 bridgehead atoms. The molecule has 0 unspecified atom stereocenters. The molecule has 1 fully saturated rings. The minimum Gasteiger partial charge on any atom is -0.335 e. The van der Waals surface area contributed by atoms with E-state index >= 15 is 0 Å². The van der Waals surface area contributed by atoms with Crippen LogP contribution in [0.4, 0.5) is 0 Å². The third-order valence-corrected chi connectivity index (χ3v) is 6.00. The van der Waals surface area contributed by atoms with Crippen LogP contribution in [0.15, 0.2) is 23.1 Å². The molecule has 1 amide bonds. The normalized spacial score (nSPS) is 17.5. The number of nitrogens with zero attached hydrogens (tertiary/aromatic N) is 4. The number of hydrogen-bond donors (Lipinski definition) is 0. The number of fused-ring (bicyclic) bond motifs is 3. The molecule has 0 N–H and O–H groups in total. The molecule has 1 aromatic carbocycles. The number of amides is 1. The molecule has 3 heterocycles. The highest BCUT2D eigenvalue weighted by Gasteiger charge is 2.30. The molecule has 0 aliphatic carbocycles. The molecule has 1 aromatic heterocycles. The van der Waals surface area contributed by atoms with Crippen LogP contribution in [-0.4, -0.2) is 58.7 Å². The Kier molecular flexibility index (Phi) is 3.89. The van der Waals surface area contributed by atoms with Gasteiger partial charge in [0, 0.05) is 55.0 Å².